The number of rotatable bonds is 46. The first-order valence-corrected chi connectivity index (χ1v) is 46.4. The van der Waals surface area contributed by atoms with E-state index in [1.165, 1.54) is 13.8 Å². The van der Waals surface area contributed by atoms with Gasteiger partial charge in [0.2, 0.25) is 47.3 Å². The summed E-state index contributed by atoms with van der Waals surface area (Å²) in [6.07, 6.45) is -21.7. The van der Waals surface area contributed by atoms with E-state index < -0.39 is 254 Å². The smallest absolute Gasteiger partial charge is 0.332 e. The number of carbonyl (C=O) groups is 10. The zero-order valence-corrected chi connectivity index (χ0v) is 73.0. The van der Waals surface area contributed by atoms with Crippen LogP contribution in [0.4, 0.5) is 0 Å². The molecule has 0 aromatic carbocycles. The van der Waals surface area contributed by atoms with Crippen LogP contribution in [0.25, 0.3) is 0 Å². The number of carbonyl (C=O) groups excluding carboxylic acids is 8. The van der Waals surface area contributed by atoms with E-state index in [0.29, 0.717) is 38.5 Å². The number of hydrogen-bond acceptors (Lipinski definition) is 35. The lowest BCUT2D eigenvalue weighted by Crippen LogP contribution is -2.67. The number of hydrogen-bond donors (Lipinski definition) is 16. The van der Waals surface area contributed by atoms with Gasteiger partial charge in [-0.3, -0.25) is 48.2 Å². The van der Waals surface area contributed by atoms with E-state index in [-0.39, 0.29) is 128 Å². The SMILES string of the molecule is CC1O[C@@H](O[C@@H]2C(C)CCC[C@H]2O[C@@H]2O[C@@H](CO)[C@H](O)C(O[C@@H](CC3CCCCC3)C(=O)O)C2NC(=O)CSC2CC(=O)N(CCC(=O)NCCOCCOCCOCCNC(=O)CCN3C(=O)CC(SCC(=O)NC4C(O[C@@H](CC5CCCCC5)C(=O)O)[C@@H](O)[C@H](CO)O[C@H]4O[C@@H]4CCCC(C)[C@H]4O[C@@H]4OC(C)[C@@H](O)[C@H](O)C4O)C3=O)C2=O)C(O)[C@@H](O)[C@@H]1O. The van der Waals surface area contributed by atoms with Crippen LogP contribution in [-0.4, -0.2) is 391 Å². The summed E-state index contributed by atoms with van der Waals surface area (Å²) in [6.45, 7) is 5.69. The Morgan fingerprint density at radius 1 is 0.424 bits per heavy atom. The van der Waals surface area contributed by atoms with E-state index in [9.17, 15) is 109 Å². The minimum Gasteiger partial charge on any atom is -0.479 e. The molecule has 125 heavy (non-hydrogen) atoms. The van der Waals surface area contributed by atoms with Crippen LogP contribution in [0.1, 0.15) is 169 Å². The van der Waals surface area contributed by atoms with Crippen LogP contribution in [0.15, 0.2) is 0 Å². The minimum absolute atomic E-state index is 0.00385. The van der Waals surface area contributed by atoms with Crippen LogP contribution < -0.4 is 21.3 Å². The van der Waals surface area contributed by atoms with E-state index in [1.807, 2.05) is 13.8 Å². The Morgan fingerprint density at radius 2 is 0.792 bits per heavy atom. The van der Waals surface area contributed by atoms with Gasteiger partial charge < -0.3 is 144 Å². The molecule has 0 aromatic heterocycles. The number of nitrogens with one attached hydrogen (secondary N) is 4. The van der Waals surface area contributed by atoms with Gasteiger partial charge in [-0.1, -0.05) is 90.9 Å². The zero-order valence-electron chi connectivity index (χ0n) is 71.4. The molecule has 10 rings (SSSR count). The Labute approximate surface area is 734 Å². The largest absolute Gasteiger partial charge is 0.479 e. The molecule has 10 aliphatic rings. The normalized spacial score (nSPS) is 36.3. The van der Waals surface area contributed by atoms with E-state index in [2.05, 4.69) is 21.3 Å². The third kappa shape index (κ3) is 28.5. The highest BCUT2D eigenvalue weighted by Crippen LogP contribution is 2.41. The highest BCUT2D eigenvalue weighted by atomic mass is 32.2. The summed E-state index contributed by atoms with van der Waals surface area (Å²) < 4.78 is 79.0. The fraction of sp³-hybridized carbons (Fsp3) is 0.878. The number of aliphatic hydroxyl groups excluding tert-OH is 10. The number of carboxylic acids is 2. The van der Waals surface area contributed by atoms with Crippen LogP contribution >= 0.6 is 23.5 Å². The van der Waals surface area contributed by atoms with Crippen molar-refractivity contribution in [2.75, 3.05) is 90.5 Å². The number of nitrogens with zero attached hydrogens (tertiary/aromatic N) is 2. The number of aliphatic hydroxyl groups is 10. The molecule has 0 bridgehead atoms. The molecule has 0 spiro atoms. The molecule has 6 aliphatic heterocycles. The average molecular weight is 1830 g/mol. The van der Waals surface area contributed by atoms with Gasteiger partial charge in [0.1, 0.15) is 85.3 Å². The molecule has 30 atom stereocenters. The third-order valence-electron chi connectivity index (χ3n) is 25.3. The Hall–Kier alpha value is -5.12. The number of imide groups is 2. The maximum absolute atomic E-state index is 14.1. The zero-order chi connectivity index (χ0) is 90.3. The lowest BCUT2D eigenvalue weighted by molar-refractivity contribution is -0.336. The summed E-state index contributed by atoms with van der Waals surface area (Å²) in [5.41, 5.74) is 0. The molecule has 12 unspecified atom stereocenters. The first-order valence-electron chi connectivity index (χ1n) is 44.3. The summed E-state index contributed by atoms with van der Waals surface area (Å²) in [5, 5.41) is 138. The molecule has 0 aromatic rings. The molecule has 8 amide bonds. The molecular formula is C82H132N6O35S2. The highest BCUT2D eigenvalue weighted by Gasteiger charge is 2.56. The number of amides is 8. The Kier molecular flexibility index (Phi) is 40.7. The third-order valence-corrected chi connectivity index (χ3v) is 27.7. The second-order valence-corrected chi connectivity index (χ2v) is 36.9. The van der Waals surface area contributed by atoms with Crippen LogP contribution in [0.3, 0.4) is 0 Å². The number of ether oxygens (including phenoxy) is 13. The monoisotopic (exact) mass is 1820 g/mol. The van der Waals surface area contributed by atoms with Gasteiger partial charge >= 0.3 is 11.9 Å². The standard InChI is InChI=1S/C82H132N6O35S2/c1-41-13-11-19-47(71(41)122-81-69(103)67(101)63(97)43(3)114-81)118-79-61(73(65(99)51(37-89)120-79)116-49(77(107)108)33-45-15-7-5-8-16-45)85-57(93)39-124-53-35-59(95)87(75(53)105)25-21-55(91)83-23-27-111-29-31-113-32-30-112-28-24-84-56(92)22-26-88-60(96)36-54(76(88)106)125-40-58(94)86-62-74(117-50(78(109)110)34-46-17-9-6-10-18-46)66(100)52(38-90)121-80(62)119-48-20-12-14-42(2)72(48)123-82-70(104)68(102)64(98)44(4)115-82/h41-54,61-74,79-82,89-90,97-104H,5-40H2,1-4H3,(H,83,91)(H,84,92)(H,85,93)(H,86,94)(H,107,108)(H,109,110)/t41?,42?,43?,44?,47-,48-,49+,50+,51+,52+,53?,54?,61?,62?,63-,64-,65+,66+,67+,68+,69?,70?,71-,72-,73?,74?,79-,80-,81+,82+/m1/s1. The maximum atomic E-state index is 14.1. The van der Waals surface area contributed by atoms with Crippen LogP contribution in [0.5, 0.6) is 0 Å². The number of carboxylic acid groups (broad SMARTS) is 2. The van der Waals surface area contributed by atoms with Gasteiger partial charge in [0, 0.05) is 51.9 Å². The maximum Gasteiger partial charge on any atom is 0.332 e. The summed E-state index contributed by atoms with van der Waals surface area (Å²) in [4.78, 5) is 135. The quantitative estimate of drug-likeness (QED) is 0.0219. The first kappa shape index (κ1) is 102. The molecule has 712 valence electrons. The van der Waals surface area contributed by atoms with Gasteiger partial charge in [0.15, 0.2) is 37.4 Å². The lowest BCUT2D eigenvalue weighted by atomic mass is 9.85. The van der Waals surface area contributed by atoms with Crippen molar-refractivity contribution in [1.82, 2.24) is 31.1 Å². The molecular weight excluding hydrogens is 1690 g/mol. The summed E-state index contributed by atoms with van der Waals surface area (Å²) in [5.74, 6) is -8.86. The van der Waals surface area contributed by atoms with E-state index in [4.69, 9.17) is 61.6 Å². The number of likely N-dealkylation sites (tertiary alicyclic amines) is 2. The van der Waals surface area contributed by atoms with Crippen molar-refractivity contribution in [3.05, 3.63) is 0 Å². The van der Waals surface area contributed by atoms with Gasteiger partial charge in [0.05, 0.1) is 111 Å². The summed E-state index contributed by atoms with van der Waals surface area (Å²) in [7, 11) is 0. The number of thioether (sulfide) groups is 2. The predicted octanol–water partition coefficient (Wildman–Crippen LogP) is -2.65. The van der Waals surface area contributed by atoms with Gasteiger partial charge in [-0.2, -0.15) is 0 Å². The van der Waals surface area contributed by atoms with Crippen molar-refractivity contribution < 1.29 is 171 Å². The van der Waals surface area contributed by atoms with E-state index >= 15 is 0 Å². The molecule has 4 aliphatic carbocycles. The Bertz CT molecular complexity index is 3250. The van der Waals surface area contributed by atoms with E-state index in [0.717, 1.165) is 97.5 Å². The molecule has 41 nitrogen and oxygen atoms in total. The molecule has 4 saturated carbocycles. The van der Waals surface area contributed by atoms with Crippen LogP contribution in [-0.2, 0) is 110 Å². The van der Waals surface area contributed by atoms with Crippen molar-refractivity contribution in [1.29, 1.82) is 0 Å². The highest BCUT2D eigenvalue weighted by molar-refractivity contribution is 8.01. The number of aliphatic carboxylic acids is 2. The molecule has 16 N–H and O–H groups in total. The topological polar surface area (TPSA) is 588 Å². The van der Waals surface area contributed by atoms with Crippen molar-refractivity contribution in [2.24, 2.45) is 23.7 Å². The fourth-order valence-corrected chi connectivity index (χ4v) is 20.0. The van der Waals surface area contributed by atoms with Crippen LogP contribution in [0.2, 0.25) is 0 Å². The predicted molar refractivity (Wildman–Crippen MR) is 435 cm³/mol. The average Bonchev–Trinajstić information content (AvgIpc) is 1.23. The van der Waals surface area contributed by atoms with Gasteiger partial charge in [0.25, 0.3) is 0 Å². The molecule has 43 heteroatoms. The molecule has 0 radical (unpaired) electrons. The van der Waals surface area contributed by atoms with Crippen molar-refractivity contribution >= 4 is 82.7 Å². The van der Waals surface area contributed by atoms with Crippen molar-refractivity contribution in [3.8, 4) is 0 Å². The van der Waals surface area contributed by atoms with E-state index in [1.54, 1.807) is 0 Å². The first-order chi connectivity index (χ1) is 59.8. The second kappa shape index (κ2) is 49.9. The van der Waals surface area contributed by atoms with Gasteiger partial charge in [-0.15, -0.1) is 23.5 Å². The second-order valence-electron chi connectivity index (χ2n) is 34.5. The Morgan fingerprint density at radius 3 is 1.15 bits per heavy atom. The lowest BCUT2D eigenvalue weighted by Gasteiger charge is -2.48. The summed E-state index contributed by atoms with van der Waals surface area (Å²) in [6, 6.07) is -2.90. The summed E-state index contributed by atoms with van der Waals surface area (Å²) >= 11 is 1.69. The molecule has 10 fully saturated rings. The van der Waals surface area contributed by atoms with Gasteiger partial charge in [-0.05, 0) is 76.0 Å². The van der Waals surface area contributed by atoms with Gasteiger partial charge in [-0.25, -0.2) is 9.59 Å². The molecule has 6 heterocycles. The van der Waals surface area contributed by atoms with Crippen molar-refractivity contribution in [2.45, 2.75) is 339 Å². The fourth-order valence-electron chi connectivity index (χ4n) is 18.1. The minimum atomic E-state index is -1.70. The van der Waals surface area contributed by atoms with Crippen molar-refractivity contribution in [3.63, 3.8) is 0 Å². The Balaban J connectivity index is 0.603. The molecule has 6 saturated heterocycles. The van der Waals surface area contributed by atoms with Crippen LogP contribution in [0, 0.1) is 23.7 Å².